The Morgan fingerprint density at radius 3 is 3.00 bits per heavy atom. The summed E-state index contributed by atoms with van der Waals surface area (Å²) in [6.45, 7) is 4.39. The fraction of sp³-hybridized carbons (Fsp3) is 0.462. The highest BCUT2D eigenvalue weighted by molar-refractivity contribution is 7.71. The summed E-state index contributed by atoms with van der Waals surface area (Å²) in [4.78, 5) is 3.30. The van der Waals surface area contributed by atoms with Gasteiger partial charge in [-0.3, -0.25) is 0 Å². The zero-order valence-electron chi connectivity index (χ0n) is 9.66. The zero-order chi connectivity index (χ0) is 11.3. The molecule has 0 saturated heterocycles. The van der Waals surface area contributed by atoms with Gasteiger partial charge in [0.05, 0.1) is 11.0 Å². The van der Waals surface area contributed by atoms with E-state index in [1.54, 1.807) is 0 Å². The van der Waals surface area contributed by atoms with Crippen molar-refractivity contribution in [1.29, 1.82) is 0 Å². The van der Waals surface area contributed by atoms with Gasteiger partial charge in [0.1, 0.15) is 0 Å². The monoisotopic (exact) mass is 232 g/mol. The Morgan fingerprint density at radius 1 is 1.50 bits per heavy atom. The van der Waals surface area contributed by atoms with E-state index in [1.165, 1.54) is 23.9 Å². The molecule has 0 spiro atoms. The number of rotatable bonds is 2. The number of imidazole rings is 1. The number of benzene rings is 1. The van der Waals surface area contributed by atoms with Gasteiger partial charge >= 0.3 is 0 Å². The number of aromatic amines is 1. The minimum atomic E-state index is 0.632. The first kappa shape index (κ1) is 10.1. The number of fused-ring (bicyclic) bond motifs is 1. The molecule has 1 N–H and O–H groups in total. The van der Waals surface area contributed by atoms with Gasteiger partial charge < -0.3 is 9.55 Å². The van der Waals surface area contributed by atoms with E-state index >= 15 is 0 Å². The lowest BCUT2D eigenvalue weighted by molar-refractivity contribution is 0.648. The average molecular weight is 232 g/mol. The summed E-state index contributed by atoms with van der Waals surface area (Å²) in [6, 6.07) is 7.11. The Labute approximate surface area is 100 Å². The highest BCUT2D eigenvalue weighted by atomic mass is 32.1. The predicted molar refractivity (Wildman–Crippen MR) is 69.3 cm³/mol. The summed E-state index contributed by atoms with van der Waals surface area (Å²) in [6.07, 6.45) is 2.54. The third-order valence-electron chi connectivity index (χ3n) is 3.61. The Bertz CT molecular complexity index is 593. The van der Waals surface area contributed by atoms with Crippen molar-refractivity contribution in [3.8, 4) is 0 Å². The van der Waals surface area contributed by atoms with Crippen LogP contribution in [-0.2, 0) is 0 Å². The number of hydrogen-bond donors (Lipinski definition) is 1. The zero-order valence-corrected chi connectivity index (χ0v) is 10.5. The van der Waals surface area contributed by atoms with Gasteiger partial charge in [0.2, 0.25) is 0 Å². The van der Waals surface area contributed by atoms with E-state index in [9.17, 15) is 0 Å². The number of nitrogens with one attached hydrogen (secondary N) is 1. The van der Waals surface area contributed by atoms with Crippen molar-refractivity contribution in [2.45, 2.75) is 32.7 Å². The Hall–Kier alpha value is -1.09. The lowest BCUT2D eigenvalue weighted by atomic mass is 10.2. The van der Waals surface area contributed by atoms with Gasteiger partial charge in [-0.25, -0.2) is 0 Å². The highest BCUT2D eigenvalue weighted by Crippen LogP contribution is 2.47. The van der Waals surface area contributed by atoms with Crippen LogP contribution < -0.4 is 0 Å². The van der Waals surface area contributed by atoms with Gasteiger partial charge in [-0.05, 0) is 49.2 Å². The molecule has 1 saturated carbocycles. The lowest BCUT2D eigenvalue weighted by Crippen LogP contribution is -1.96. The molecule has 1 fully saturated rings. The normalized spacial score (nSPS) is 23.9. The van der Waals surface area contributed by atoms with Crippen LogP contribution in [0.3, 0.4) is 0 Å². The molecule has 1 heterocycles. The van der Waals surface area contributed by atoms with Gasteiger partial charge in [0.25, 0.3) is 0 Å². The smallest absolute Gasteiger partial charge is 0.178 e. The van der Waals surface area contributed by atoms with Crippen molar-refractivity contribution in [2.75, 3.05) is 0 Å². The largest absolute Gasteiger partial charge is 0.331 e. The summed E-state index contributed by atoms with van der Waals surface area (Å²) in [5, 5.41) is 0. The van der Waals surface area contributed by atoms with Crippen LogP contribution in [0.4, 0.5) is 0 Å². The molecular weight excluding hydrogens is 216 g/mol. The standard InChI is InChI=1S/C13H16N2S/c1-3-9-7-11(9)15-12-6-8(2)4-5-10(12)14-13(15)16/h4-6,9,11H,3,7H2,1-2H3,(H,14,16). The Kier molecular flexibility index (Phi) is 2.18. The number of aromatic nitrogens is 2. The molecule has 0 amide bonds. The minimum Gasteiger partial charge on any atom is -0.331 e. The molecular formula is C13H16N2S. The molecule has 1 aliphatic rings. The maximum atomic E-state index is 5.42. The van der Waals surface area contributed by atoms with Crippen LogP contribution in [-0.4, -0.2) is 9.55 Å². The van der Waals surface area contributed by atoms with Crippen LogP contribution in [0.25, 0.3) is 11.0 Å². The third-order valence-corrected chi connectivity index (χ3v) is 3.91. The van der Waals surface area contributed by atoms with E-state index < -0.39 is 0 Å². The van der Waals surface area contributed by atoms with Gasteiger partial charge in [0.15, 0.2) is 4.77 Å². The van der Waals surface area contributed by atoms with E-state index in [0.29, 0.717) is 6.04 Å². The van der Waals surface area contributed by atoms with Gasteiger partial charge in [-0.2, -0.15) is 0 Å². The first-order chi connectivity index (χ1) is 7.70. The number of nitrogens with zero attached hydrogens (tertiary/aromatic N) is 1. The quantitative estimate of drug-likeness (QED) is 0.777. The second kappa shape index (κ2) is 3.45. The van der Waals surface area contributed by atoms with Gasteiger partial charge in [-0.1, -0.05) is 19.4 Å². The van der Waals surface area contributed by atoms with Crippen molar-refractivity contribution in [1.82, 2.24) is 9.55 Å². The van der Waals surface area contributed by atoms with E-state index in [-0.39, 0.29) is 0 Å². The lowest BCUT2D eigenvalue weighted by Gasteiger charge is -2.03. The molecule has 2 unspecified atom stereocenters. The molecule has 0 aliphatic heterocycles. The van der Waals surface area contributed by atoms with Crippen LogP contribution in [0.1, 0.15) is 31.4 Å². The van der Waals surface area contributed by atoms with Crippen molar-refractivity contribution in [3.05, 3.63) is 28.5 Å². The van der Waals surface area contributed by atoms with E-state index in [0.717, 1.165) is 16.2 Å². The van der Waals surface area contributed by atoms with Gasteiger partial charge in [0, 0.05) is 6.04 Å². The van der Waals surface area contributed by atoms with E-state index in [4.69, 9.17) is 12.2 Å². The second-order valence-electron chi connectivity index (χ2n) is 4.79. The summed E-state index contributed by atoms with van der Waals surface area (Å²) in [5.41, 5.74) is 3.73. The molecule has 0 bridgehead atoms. The van der Waals surface area contributed by atoms with Crippen molar-refractivity contribution in [3.63, 3.8) is 0 Å². The molecule has 16 heavy (non-hydrogen) atoms. The van der Waals surface area contributed by atoms with Gasteiger partial charge in [-0.15, -0.1) is 0 Å². The number of hydrogen-bond acceptors (Lipinski definition) is 1. The highest BCUT2D eigenvalue weighted by Gasteiger charge is 2.38. The second-order valence-corrected chi connectivity index (χ2v) is 5.18. The van der Waals surface area contributed by atoms with E-state index in [1.807, 2.05) is 0 Å². The Morgan fingerprint density at radius 2 is 2.31 bits per heavy atom. The minimum absolute atomic E-state index is 0.632. The molecule has 3 heteroatoms. The predicted octanol–water partition coefficient (Wildman–Crippen LogP) is 3.98. The molecule has 0 radical (unpaired) electrons. The first-order valence-corrected chi connectivity index (χ1v) is 6.32. The fourth-order valence-electron chi connectivity index (χ4n) is 2.55. The molecule has 1 aliphatic carbocycles. The molecule has 2 aromatic rings. The third kappa shape index (κ3) is 1.42. The topological polar surface area (TPSA) is 20.7 Å². The van der Waals surface area contributed by atoms with Crippen molar-refractivity contribution >= 4 is 23.3 Å². The van der Waals surface area contributed by atoms with Crippen molar-refractivity contribution in [2.24, 2.45) is 5.92 Å². The summed E-state index contributed by atoms with van der Waals surface area (Å²) >= 11 is 5.42. The average Bonchev–Trinajstić information content (AvgIpc) is 2.95. The maximum absolute atomic E-state index is 5.42. The van der Waals surface area contributed by atoms with Crippen molar-refractivity contribution < 1.29 is 0 Å². The molecule has 3 rings (SSSR count). The molecule has 1 aromatic heterocycles. The first-order valence-electron chi connectivity index (χ1n) is 5.91. The van der Waals surface area contributed by atoms with Crippen LogP contribution in [0, 0.1) is 17.6 Å². The van der Waals surface area contributed by atoms with Crippen LogP contribution in [0.2, 0.25) is 0 Å². The summed E-state index contributed by atoms with van der Waals surface area (Å²) < 4.78 is 3.19. The van der Waals surface area contributed by atoms with Crippen LogP contribution in [0.5, 0.6) is 0 Å². The van der Waals surface area contributed by atoms with Crippen LogP contribution >= 0.6 is 12.2 Å². The Balaban J connectivity index is 2.19. The molecule has 84 valence electrons. The SMILES string of the molecule is CCC1CC1n1c(=S)[nH]c2ccc(C)cc21. The molecule has 2 atom stereocenters. The number of H-pyrrole nitrogens is 1. The number of aryl methyl sites for hydroxylation is 1. The fourth-order valence-corrected chi connectivity index (χ4v) is 2.89. The maximum Gasteiger partial charge on any atom is 0.178 e. The van der Waals surface area contributed by atoms with E-state index in [2.05, 4.69) is 41.6 Å². The molecule has 1 aromatic carbocycles. The van der Waals surface area contributed by atoms with Crippen LogP contribution in [0.15, 0.2) is 18.2 Å². The molecule has 2 nitrogen and oxygen atoms in total. The summed E-state index contributed by atoms with van der Waals surface area (Å²) in [7, 11) is 0. The summed E-state index contributed by atoms with van der Waals surface area (Å²) in [5.74, 6) is 0.825.